The Morgan fingerprint density at radius 1 is 1.30 bits per heavy atom. The lowest BCUT2D eigenvalue weighted by atomic mass is 10.3. The molecule has 0 unspecified atom stereocenters. The first kappa shape index (κ1) is 16.4. The summed E-state index contributed by atoms with van der Waals surface area (Å²) >= 11 is 0. The fourth-order valence-corrected chi connectivity index (χ4v) is 1.68. The van der Waals surface area contributed by atoms with Crippen LogP contribution in [0.2, 0.25) is 0 Å². The number of nitrogens with zero attached hydrogens (tertiary/aromatic N) is 2. The quantitative estimate of drug-likeness (QED) is 0.674. The van der Waals surface area contributed by atoms with Crippen molar-refractivity contribution < 1.29 is 9.53 Å². The fourth-order valence-electron chi connectivity index (χ4n) is 1.68. The van der Waals surface area contributed by atoms with Crippen molar-refractivity contribution in [2.75, 3.05) is 32.1 Å². The van der Waals surface area contributed by atoms with Crippen LogP contribution in [0.15, 0.2) is 6.07 Å². The zero-order valence-electron chi connectivity index (χ0n) is 12.5. The van der Waals surface area contributed by atoms with Gasteiger partial charge in [-0.05, 0) is 19.8 Å². The van der Waals surface area contributed by atoms with E-state index in [1.54, 1.807) is 20.1 Å². The Labute approximate surface area is 120 Å². The molecular formula is C14H24N4O2. The molecular weight excluding hydrogens is 256 g/mol. The van der Waals surface area contributed by atoms with Crippen LogP contribution in [0.5, 0.6) is 0 Å². The Morgan fingerprint density at radius 2 is 2.10 bits per heavy atom. The molecule has 0 saturated heterocycles. The molecule has 0 aliphatic carbocycles. The van der Waals surface area contributed by atoms with Gasteiger partial charge in [-0.3, -0.25) is 4.79 Å². The number of aryl methyl sites for hydroxylation is 1. The van der Waals surface area contributed by atoms with Gasteiger partial charge in [-0.2, -0.15) is 0 Å². The molecule has 1 aromatic rings. The molecule has 0 aliphatic heterocycles. The van der Waals surface area contributed by atoms with Crippen LogP contribution in [-0.4, -0.2) is 42.7 Å². The maximum absolute atomic E-state index is 12.0. The third kappa shape index (κ3) is 5.97. The van der Waals surface area contributed by atoms with Crippen molar-refractivity contribution >= 4 is 11.7 Å². The summed E-state index contributed by atoms with van der Waals surface area (Å²) in [6.45, 7) is 5.97. The summed E-state index contributed by atoms with van der Waals surface area (Å²) < 4.78 is 4.94. The lowest BCUT2D eigenvalue weighted by Crippen LogP contribution is -2.26. The summed E-state index contributed by atoms with van der Waals surface area (Å²) in [7, 11) is 1.64. The molecule has 6 heteroatoms. The molecule has 1 rings (SSSR count). The average molecular weight is 280 g/mol. The topological polar surface area (TPSA) is 76.1 Å². The van der Waals surface area contributed by atoms with Gasteiger partial charge in [0.15, 0.2) is 0 Å². The van der Waals surface area contributed by atoms with Gasteiger partial charge in [0.1, 0.15) is 17.3 Å². The monoisotopic (exact) mass is 280 g/mol. The molecule has 0 fully saturated rings. The highest BCUT2D eigenvalue weighted by Gasteiger charge is 2.09. The Bertz CT molecular complexity index is 424. The minimum atomic E-state index is -0.176. The Hall–Kier alpha value is -1.69. The molecule has 2 N–H and O–H groups in total. The van der Waals surface area contributed by atoms with Gasteiger partial charge in [0.05, 0.1) is 0 Å². The number of nitrogens with one attached hydrogen (secondary N) is 2. The molecule has 0 aliphatic rings. The van der Waals surface area contributed by atoms with E-state index in [1.165, 1.54) is 0 Å². The summed E-state index contributed by atoms with van der Waals surface area (Å²) in [5, 5.41) is 6.03. The van der Waals surface area contributed by atoms with Crippen LogP contribution in [0, 0.1) is 6.92 Å². The first-order valence-corrected chi connectivity index (χ1v) is 7.04. The van der Waals surface area contributed by atoms with Crippen LogP contribution in [0.4, 0.5) is 5.82 Å². The van der Waals surface area contributed by atoms with Crippen molar-refractivity contribution in [3.8, 4) is 0 Å². The van der Waals surface area contributed by atoms with Gasteiger partial charge in [-0.25, -0.2) is 9.97 Å². The molecule has 20 heavy (non-hydrogen) atoms. The predicted octanol–water partition coefficient (Wildman–Crippen LogP) is 1.76. The molecule has 0 aromatic carbocycles. The minimum absolute atomic E-state index is 0.176. The van der Waals surface area contributed by atoms with Crippen molar-refractivity contribution in [3.63, 3.8) is 0 Å². The second-order valence-electron chi connectivity index (χ2n) is 4.57. The highest BCUT2D eigenvalue weighted by molar-refractivity contribution is 5.92. The van der Waals surface area contributed by atoms with Crippen LogP contribution in [0.25, 0.3) is 0 Å². The number of aromatic nitrogens is 2. The zero-order valence-corrected chi connectivity index (χ0v) is 12.5. The zero-order chi connectivity index (χ0) is 14.8. The number of methoxy groups -OCH3 is 1. The van der Waals surface area contributed by atoms with Gasteiger partial charge in [-0.15, -0.1) is 0 Å². The van der Waals surface area contributed by atoms with E-state index in [-0.39, 0.29) is 5.91 Å². The second kappa shape index (κ2) is 9.25. The van der Waals surface area contributed by atoms with Crippen molar-refractivity contribution in [1.29, 1.82) is 0 Å². The van der Waals surface area contributed by atoms with Gasteiger partial charge in [0.25, 0.3) is 5.91 Å². The number of unbranched alkanes of at least 4 members (excludes halogenated alkanes) is 1. The Balaban J connectivity index is 2.57. The normalized spacial score (nSPS) is 10.3. The molecule has 0 bridgehead atoms. The first-order chi connectivity index (χ1) is 9.67. The lowest BCUT2D eigenvalue weighted by molar-refractivity contribution is 0.0943. The van der Waals surface area contributed by atoms with E-state index in [4.69, 9.17) is 4.74 Å². The van der Waals surface area contributed by atoms with Crippen LogP contribution in [-0.2, 0) is 4.74 Å². The average Bonchev–Trinajstić information content (AvgIpc) is 2.43. The molecule has 112 valence electrons. The summed E-state index contributed by atoms with van der Waals surface area (Å²) in [6, 6.07) is 1.69. The molecule has 0 saturated carbocycles. The predicted molar refractivity (Wildman–Crippen MR) is 79.0 cm³/mol. The third-order valence-electron chi connectivity index (χ3n) is 2.72. The van der Waals surface area contributed by atoms with Gasteiger partial charge in [0.2, 0.25) is 0 Å². The first-order valence-electron chi connectivity index (χ1n) is 7.04. The number of ether oxygens (including phenoxy) is 1. The summed E-state index contributed by atoms with van der Waals surface area (Å²) in [4.78, 5) is 20.4. The van der Waals surface area contributed by atoms with Gasteiger partial charge in [0, 0.05) is 32.9 Å². The smallest absolute Gasteiger partial charge is 0.270 e. The standard InChI is InChI=1S/C14H24N4O2/c1-4-5-7-15-13-10-12(17-11(2)18-13)14(19)16-8-6-9-20-3/h10H,4-9H2,1-3H3,(H,16,19)(H,15,17,18). The van der Waals surface area contributed by atoms with E-state index in [2.05, 4.69) is 27.5 Å². The molecule has 0 atom stereocenters. The lowest BCUT2D eigenvalue weighted by Gasteiger charge is -2.08. The van der Waals surface area contributed by atoms with Crippen LogP contribution in [0.3, 0.4) is 0 Å². The van der Waals surface area contributed by atoms with E-state index >= 15 is 0 Å². The number of carbonyl (C=O) groups excluding carboxylic acids is 1. The maximum atomic E-state index is 12.0. The summed E-state index contributed by atoms with van der Waals surface area (Å²) in [6.07, 6.45) is 2.97. The number of amides is 1. The maximum Gasteiger partial charge on any atom is 0.270 e. The molecule has 1 amide bonds. The molecule has 0 radical (unpaired) electrons. The van der Waals surface area contributed by atoms with Gasteiger partial charge in [-0.1, -0.05) is 13.3 Å². The fraction of sp³-hybridized carbons (Fsp3) is 0.643. The number of anilines is 1. The van der Waals surface area contributed by atoms with E-state index in [0.29, 0.717) is 30.5 Å². The van der Waals surface area contributed by atoms with Crippen molar-refractivity contribution in [2.24, 2.45) is 0 Å². The van der Waals surface area contributed by atoms with Gasteiger partial charge < -0.3 is 15.4 Å². The van der Waals surface area contributed by atoms with Crippen molar-refractivity contribution in [1.82, 2.24) is 15.3 Å². The highest BCUT2D eigenvalue weighted by Crippen LogP contribution is 2.07. The van der Waals surface area contributed by atoms with E-state index in [0.717, 1.165) is 25.8 Å². The summed E-state index contributed by atoms with van der Waals surface area (Å²) in [5.74, 6) is 1.12. The minimum Gasteiger partial charge on any atom is -0.385 e. The Morgan fingerprint density at radius 3 is 2.80 bits per heavy atom. The molecule has 1 aromatic heterocycles. The van der Waals surface area contributed by atoms with E-state index in [1.807, 2.05) is 0 Å². The molecule has 6 nitrogen and oxygen atoms in total. The van der Waals surface area contributed by atoms with Crippen LogP contribution in [0.1, 0.15) is 42.5 Å². The molecule has 0 spiro atoms. The number of hydrogen-bond donors (Lipinski definition) is 2. The largest absolute Gasteiger partial charge is 0.385 e. The SMILES string of the molecule is CCCCNc1cc(C(=O)NCCCOC)nc(C)n1. The van der Waals surface area contributed by atoms with Crippen LogP contribution < -0.4 is 10.6 Å². The number of hydrogen-bond acceptors (Lipinski definition) is 5. The van der Waals surface area contributed by atoms with E-state index < -0.39 is 0 Å². The van der Waals surface area contributed by atoms with Crippen molar-refractivity contribution in [3.05, 3.63) is 17.6 Å². The Kier molecular flexibility index (Phi) is 7.57. The van der Waals surface area contributed by atoms with Gasteiger partial charge >= 0.3 is 0 Å². The van der Waals surface area contributed by atoms with Crippen molar-refractivity contribution in [2.45, 2.75) is 33.1 Å². The van der Waals surface area contributed by atoms with E-state index in [9.17, 15) is 4.79 Å². The highest BCUT2D eigenvalue weighted by atomic mass is 16.5. The second-order valence-corrected chi connectivity index (χ2v) is 4.57. The summed E-state index contributed by atoms with van der Waals surface area (Å²) in [5.41, 5.74) is 0.397. The molecule has 1 heterocycles. The third-order valence-corrected chi connectivity index (χ3v) is 2.72. The number of rotatable bonds is 9. The number of carbonyl (C=O) groups is 1. The van der Waals surface area contributed by atoms with Crippen LogP contribution >= 0.6 is 0 Å².